The second-order valence-corrected chi connectivity index (χ2v) is 8.74. The maximum absolute atomic E-state index is 12.7. The van der Waals surface area contributed by atoms with Gasteiger partial charge in [0.05, 0.1) is 0 Å². The lowest BCUT2D eigenvalue weighted by Crippen LogP contribution is -2.04. The number of hydrogen-bond acceptors (Lipinski definition) is 3. The highest BCUT2D eigenvalue weighted by atomic mass is 35.5. The van der Waals surface area contributed by atoms with Gasteiger partial charge in [-0.1, -0.05) is 41.9 Å². The summed E-state index contributed by atoms with van der Waals surface area (Å²) in [6.07, 6.45) is 6.93. The Morgan fingerprint density at radius 1 is 0.882 bits per heavy atom. The van der Waals surface area contributed by atoms with Gasteiger partial charge in [-0.2, -0.15) is 0 Å². The first-order valence-electron chi connectivity index (χ1n) is 11.3. The molecule has 4 nitrogen and oxygen atoms in total. The molecular weight excluding hydrogens is 442 g/mol. The lowest BCUT2D eigenvalue weighted by molar-refractivity contribution is 0.103. The molecule has 0 aliphatic carbocycles. The Morgan fingerprint density at radius 3 is 2.50 bits per heavy atom. The van der Waals surface area contributed by atoms with Crippen LogP contribution in [0.1, 0.15) is 33.6 Å². The molecule has 34 heavy (non-hydrogen) atoms. The number of nitrogens with one attached hydrogen (secondary N) is 2. The van der Waals surface area contributed by atoms with Crippen LogP contribution in [0, 0.1) is 0 Å². The lowest BCUT2D eigenvalue weighted by Gasteiger charge is -2.09. The van der Waals surface area contributed by atoms with Gasteiger partial charge in [0.1, 0.15) is 5.69 Å². The number of rotatable bonds is 8. The minimum Gasteiger partial charge on any atom is -0.361 e. The smallest absolute Gasteiger partial charge is 0.211 e. The number of nitrogens with zero attached hydrogens (tertiary/aromatic N) is 1. The van der Waals surface area contributed by atoms with Crippen molar-refractivity contribution in [2.45, 2.75) is 19.3 Å². The molecular formula is C29H24ClN3O. The third kappa shape index (κ3) is 5.03. The van der Waals surface area contributed by atoms with Crippen LogP contribution in [0.15, 0.2) is 97.3 Å². The van der Waals surface area contributed by atoms with E-state index >= 15 is 0 Å². The second-order valence-electron chi connectivity index (χ2n) is 8.30. The van der Waals surface area contributed by atoms with Gasteiger partial charge >= 0.3 is 0 Å². The molecule has 2 heterocycles. The summed E-state index contributed by atoms with van der Waals surface area (Å²) >= 11 is 5.92. The van der Waals surface area contributed by atoms with E-state index in [4.69, 9.17) is 11.6 Å². The number of ketones is 1. The van der Waals surface area contributed by atoms with Crippen molar-refractivity contribution in [3.05, 3.63) is 125 Å². The number of aromatic nitrogens is 2. The highest BCUT2D eigenvalue weighted by Gasteiger charge is 2.11. The van der Waals surface area contributed by atoms with E-state index < -0.39 is 0 Å². The van der Waals surface area contributed by atoms with E-state index in [1.165, 1.54) is 22.0 Å². The topological polar surface area (TPSA) is 57.8 Å². The van der Waals surface area contributed by atoms with Crippen molar-refractivity contribution in [2.75, 3.05) is 5.32 Å². The third-order valence-corrected chi connectivity index (χ3v) is 6.18. The molecule has 5 rings (SSSR count). The molecule has 0 saturated carbocycles. The van der Waals surface area contributed by atoms with E-state index in [1.54, 1.807) is 36.5 Å². The zero-order chi connectivity index (χ0) is 23.3. The van der Waals surface area contributed by atoms with E-state index in [9.17, 15) is 4.79 Å². The van der Waals surface area contributed by atoms with E-state index in [-0.39, 0.29) is 5.78 Å². The number of pyridine rings is 1. The predicted octanol–water partition coefficient (Wildman–Crippen LogP) is 7.37. The molecule has 2 N–H and O–H groups in total. The molecule has 168 valence electrons. The molecule has 0 radical (unpaired) electrons. The fourth-order valence-corrected chi connectivity index (χ4v) is 4.25. The van der Waals surface area contributed by atoms with Crippen molar-refractivity contribution in [2.24, 2.45) is 0 Å². The first kappa shape index (κ1) is 21.9. The summed E-state index contributed by atoms with van der Waals surface area (Å²) in [6, 6.07) is 27.3. The van der Waals surface area contributed by atoms with Gasteiger partial charge in [-0.3, -0.25) is 9.78 Å². The number of H-pyrrole nitrogens is 1. The van der Waals surface area contributed by atoms with Gasteiger partial charge in [-0.25, -0.2) is 0 Å². The first-order valence-corrected chi connectivity index (χ1v) is 11.7. The Labute approximate surface area is 203 Å². The van der Waals surface area contributed by atoms with Crippen LogP contribution in [0.25, 0.3) is 10.9 Å². The monoisotopic (exact) mass is 465 g/mol. The standard InChI is InChI=1S/C29H24ClN3O/c30-23-12-10-21(11-13-23)29(34)28-18-25(16-17-31-28)33-24-14-8-20(9-15-24)4-3-5-22-19-32-27-7-2-1-6-26(22)27/h1-2,6-19,32H,3-5H2,(H,31,33). The maximum Gasteiger partial charge on any atom is 0.211 e. The van der Waals surface area contributed by atoms with Crippen molar-refractivity contribution in [1.82, 2.24) is 9.97 Å². The Kier molecular flexibility index (Phi) is 6.41. The Morgan fingerprint density at radius 2 is 1.68 bits per heavy atom. The number of carbonyl (C=O) groups is 1. The Bertz CT molecular complexity index is 1420. The summed E-state index contributed by atoms with van der Waals surface area (Å²) in [5, 5.41) is 5.28. The summed E-state index contributed by atoms with van der Waals surface area (Å²) in [7, 11) is 0. The molecule has 0 amide bonds. The fourth-order valence-electron chi connectivity index (χ4n) is 4.12. The number of aromatic amines is 1. The lowest BCUT2D eigenvalue weighted by atomic mass is 10.0. The molecule has 0 spiro atoms. The number of hydrogen-bond donors (Lipinski definition) is 2. The molecule has 0 fully saturated rings. The summed E-state index contributed by atoms with van der Waals surface area (Å²) in [4.78, 5) is 20.3. The van der Waals surface area contributed by atoms with Crippen LogP contribution in [0.2, 0.25) is 5.02 Å². The van der Waals surface area contributed by atoms with Crippen LogP contribution < -0.4 is 5.32 Å². The van der Waals surface area contributed by atoms with Gasteiger partial charge in [0.25, 0.3) is 0 Å². The highest BCUT2D eigenvalue weighted by Crippen LogP contribution is 2.22. The molecule has 0 unspecified atom stereocenters. The number of carbonyl (C=O) groups excluding carboxylic acids is 1. The molecule has 5 heteroatoms. The number of para-hydroxylation sites is 1. The van der Waals surface area contributed by atoms with Gasteiger partial charge in [-0.05, 0) is 85.0 Å². The Hall–Kier alpha value is -3.89. The second kappa shape index (κ2) is 9.94. The van der Waals surface area contributed by atoms with E-state index in [0.29, 0.717) is 16.3 Å². The number of anilines is 2. The van der Waals surface area contributed by atoms with Crippen molar-refractivity contribution in [3.63, 3.8) is 0 Å². The van der Waals surface area contributed by atoms with Gasteiger partial charge in [0.2, 0.25) is 5.78 Å². The van der Waals surface area contributed by atoms with Crippen LogP contribution in [0.5, 0.6) is 0 Å². The van der Waals surface area contributed by atoms with Crippen molar-refractivity contribution in [1.29, 1.82) is 0 Å². The molecule has 3 aromatic carbocycles. The molecule has 0 saturated heterocycles. The van der Waals surface area contributed by atoms with Gasteiger partial charge in [-0.15, -0.1) is 0 Å². The predicted molar refractivity (Wildman–Crippen MR) is 139 cm³/mol. The van der Waals surface area contributed by atoms with Crippen LogP contribution in [-0.4, -0.2) is 15.8 Å². The van der Waals surface area contributed by atoms with Crippen LogP contribution >= 0.6 is 11.6 Å². The quantitative estimate of drug-likeness (QED) is 0.235. The van der Waals surface area contributed by atoms with E-state index in [2.05, 4.69) is 70.0 Å². The number of benzene rings is 3. The number of fused-ring (bicyclic) bond motifs is 1. The molecule has 0 aliphatic rings. The maximum atomic E-state index is 12.7. The minimum absolute atomic E-state index is 0.133. The molecule has 0 bridgehead atoms. The summed E-state index contributed by atoms with van der Waals surface area (Å²) in [5.74, 6) is -0.133. The summed E-state index contributed by atoms with van der Waals surface area (Å²) < 4.78 is 0. The van der Waals surface area contributed by atoms with E-state index in [0.717, 1.165) is 30.6 Å². The number of halogens is 1. The average Bonchev–Trinajstić information content (AvgIpc) is 3.28. The van der Waals surface area contributed by atoms with Gasteiger partial charge in [0.15, 0.2) is 0 Å². The van der Waals surface area contributed by atoms with Gasteiger partial charge in [0, 0.05) is 45.3 Å². The molecule has 5 aromatic rings. The van der Waals surface area contributed by atoms with Crippen LogP contribution in [0.4, 0.5) is 11.4 Å². The average molecular weight is 466 g/mol. The normalized spacial score (nSPS) is 11.0. The highest BCUT2D eigenvalue weighted by molar-refractivity contribution is 6.30. The minimum atomic E-state index is -0.133. The first-order chi connectivity index (χ1) is 16.7. The summed E-state index contributed by atoms with van der Waals surface area (Å²) in [6.45, 7) is 0. The SMILES string of the molecule is O=C(c1ccc(Cl)cc1)c1cc(Nc2ccc(CCCc3c[nH]c4ccccc34)cc2)ccn1. The molecule has 0 atom stereocenters. The van der Waals surface area contributed by atoms with Crippen molar-refractivity contribution >= 4 is 39.7 Å². The molecule has 0 aliphatic heterocycles. The third-order valence-electron chi connectivity index (χ3n) is 5.93. The van der Waals surface area contributed by atoms with E-state index in [1.807, 2.05) is 6.07 Å². The fraction of sp³-hybridized carbons (Fsp3) is 0.103. The Balaban J connectivity index is 1.19. The zero-order valence-electron chi connectivity index (χ0n) is 18.6. The number of aryl methyl sites for hydroxylation is 2. The van der Waals surface area contributed by atoms with Gasteiger partial charge < -0.3 is 10.3 Å². The van der Waals surface area contributed by atoms with Crippen LogP contribution in [-0.2, 0) is 12.8 Å². The summed E-state index contributed by atoms with van der Waals surface area (Å²) in [5.41, 5.74) is 6.61. The van der Waals surface area contributed by atoms with Crippen molar-refractivity contribution < 1.29 is 4.79 Å². The zero-order valence-corrected chi connectivity index (χ0v) is 19.3. The van der Waals surface area contributed by atoms with Crippen LogP contribution in [0.3, 0.4) is 0 Å². The van der Waals surface area contributed by atoms with Crippen molar-refractivity contribution in [3.8, 4) is 0 Å². The largest absolute Gasteiger partial charge is 0.361 e. The molecule has 2 aromatic heterocycles.